The van der Waals surface area contributed by atoms with Crippen molar-refractivity contribution in [3.63, 3.8) is 0 Å². The zero-order valence-electron chi connectivity index (χ0n) is 26.9. The largest absolute Gasteiger partial charge is 0.506 e. The molecule has 1 unspecified atom stereocenters. The molecule has 1 N–H and O–H groups in total. The van der Waals surface area contributed by atoms with E-state index in [9.17, 15) is 9.90 Å². The summed E-state index contributed by atoms with van der Waals surface area (Å²) in [6, 6.07) is 27.1. The van der Waals surface area contributed by atoms with Gasteiger partial charge in [-0.1, -0.05) is 115 Å². The first kappa shape index (κ1) is 29.2. The van der Waals surface area contributed by atoms with E-state index in [1.807, 2.05) is 36.4 Å². The molecule has 47 heavy (non-hydrogen) atoms. The topological polar surface area (TPSA) is 45.2 Å². The summed E-state index contributed by atoms with van der Waals surface area (Å²) in [5.41, 5.74) is 7.85. The molecule has 0 bridgehead atoms. The molecular formula is C43H39N2O2+. The maximum atomic E-state index is 14.4. The van der Waals surface area contributed by atoms with Gasteiger partial charge in [-0.3, -0.25) is 4.79 Å². The summed E-state index contributed by atoms with van der Waals surface area (Å²) in [6.45, 7) is 5.99. The zero-order chi connectivity index (χ0) is 32.1. The van der Waals surface area contributed by atoms with Gasteiger partial charge in [0.1, 0.15) is 12.3 Å². The van der Waals surface area contributed by atoms with Crippen molar-refractivity contribution >= 4 is 33.7 Å². The maximum Gasteiger partial charge on any atom is 0.209 e. The van der Waals surface area contributed by atoms with Crippen molar-refractivity contribution in [3.05, 3.63) is 156 Å². The van der Waals surface area contributed by atoms with Gasteiger partial charge in [0.2, 0.25) is 11.5 Å². The van der Waals surface area contributed by atoms with Crippen LogP contribution in [0.5, 0.6) is 0 Å². The highest BCUT2D eigenvalue weighted by Gasteiger charge is 2.50. The molecule has 3 aliphatic carbocycles. The molecule has 1 aromatic heterocycles. The molecule has 0 fully saturated rings. The number of fused-ring (bicyclic) bond motifs is 2. The maximum absolute atomic E-state index is 14.4. The van der Waals surface area contributed by atoms with E-state index in [0.29, 0.717) is 23.0 Å². The van der Waals surface area contributed by atoms with Gasteiger partial charge in [-0.25, -0.2) is 0 Å². The zero-order valence-corrected chi connectivity index (χ0v) is 26.9. The van der Waals surface area contributed by atoms with E-state index in [1.165, 1.54) is 11.3 Å². The molecule has 0 saturated carbocycles. The fraction of sp³-hybridized carbons (Fsp3) is 0.209. The van der Waals surface area contributed by atoms with E-state index in [4.69, 9.17) is 0 Å². The fourth-order valence-electron chi connectivity index (χ4n) is 8.17. The van der Waals surface area contributed by atoms with Crippen LogP contribution in [0.4, 0.5) is 5.69 Å². The highest BCUT2D eigenvalue weighted by atomic mass is 16.3. The number of aliphatic hydroxyl groups excluding tert-OH is 1. The van der Waals surface area contributed by atoms with Gasteiger partial charge >= 0.3 is 0 Å². The Morgan fingerprint density at radius 2 is 1.51 bits per heavy atom. The summed E-state index contributed by atoms with van der Waals surface area (Å²) in [6.07, 6.45) is 21.3. The van der Waals surface area contributed by atoms with E-state index in [2.05, 4.69) is 120 Å². The number of nitrogens with zero attached hydrogens (tertiary/aromatic N) is 2. The predicted molar refractivity (Wildman–Crippen MR) is 192 cm³/mol. The molecule has 0 amide bonds. The van der Waals surface area contributed by atoms with E-state index >= 15 is 0 Å². The van der Waals surface area contributed by atoms with Crippen LogP contribution in [-0.2, 0) is 16.8 Å². The van der Waals surface area contributed by atoms with Gasteiger partial charge in [-0.15, -0.1) is 0 Å². The number of benzene rings is 3. The first-order chi connectivity index (χ1) is 23.0. The average molecular weight is 616 g/mol. The molecule has 2 heterocycles. The molecule has 0 saturated heterocycles. The molecule has 0 spiro atoms. The van der Waals surface area contributed by atoms with Crippen LogP contribution >= 0.6 is 0 Å². The Bertz CT molecular complexity index is 2130. The number of para-hydroxylation sites is 2. The number of hydrogen-bond acceptors (Lipinski definition) is 2. The molecule has 1 aliphatic heterocycles. The number of aliphatic hydroxyl groups is 1. The second kappa shape index (κ2) is 11.5. The van der Waals surface area contributed by atoms with Gasteiger partial charge in [-0.2, -0.15) is 4.58 Å². The third-order valence-electron chi connectivity index (χ3n) is 10.5. The second-order valence-corrected chi connectivity index (χ2v) is 13.2. The summed E-state index contributed by atoms with van der Waals surface area (Å²) >= 11 is 0. The molecule has 4 aliphatic rings. The molecule has 4 aromatic rings. The number of aromatic nitrogens is 1. The van der Waals surface area contributed by atoms with Gasteiger partial charge in [-0.05, 0) is 37.8 Å². The summed E-state index contributed by atoms with van der Waals surface area (Å²) in [5, 5.41) is 12.9. The van der Waals surface area contributed by atoms with Crippen LogP contribution in [0.15, 0.2) is 145 Å². The minimum Gasteiger partial charge on any atom is -0.506 e. The Morgan fingerprint density at radius 1 is 0.851 bits per heavy atom. The van der Waals surface area contributed by atoms with Gasteiger partial charge in [0.05, 0.1) is 22.3 Å². The van der Waals surface area contributed by atoms with Crippen LogP contribution in [0.2, 0.25) is 0 Å². The van der Waals surface area contributed by atoms with Crippen molar-refractivity contribution < 1.29 is 14.5 Å². The Morgan fingerprint density at radius 3 is 2.23 bits per heavy atom. The lowest BCUT2D eigenvalue weighted by Crippen LogP contribution is -2.35. The molecule has 8 rings (SSSR count). The fourth-order valence-corrected chi connectivity index (χ4v) is 8.17. The van der Waals surface area contributed by atoms with Crippen molar-refractivity contribution in [3.8, 4) is 11.3 Å². The van der Waals surface area contributed by atoms with Crippen LogP contribution in [0, 0.1) is 11.8 Å². The number of carbonyl (C=O) groups excluding carboxylic acids is 1. The Labute approximate surface area is 276 Å². The number of ketones is 1. The molecular weight excluding hydrogens is 576 g/mol. The van der Waals surface area contributed by atoms with Crippen LogP contribution in [0.1, 0.15) is 37.8 Å². The molecule has 232 valence electrons. The van der Waals surface area contributed by atoms with Gasteiger partial charge in [0.25, 0.3) is 0 Å². The number of Topliss-reactive ketones (excluding diaryl/α,β-unsaturated/α-hetero) is 1. The molecule has 4 nitrogen and oxygen atoms in total. The van der Waals surface area contributed by atoms with Gasteiger partial charge in [0.15, 0.2) is 5.71 Å². The number of rotatable bonds is 9. The molecule has 4 heteroatoms. The normalized spacial score (nSPS) is 21.3. The minimum atomic E-state index is -0.349. The number of allylic oxidation sites excluding steroid dienone is 11. The lowest BCUT2D eigenvalue weighted by molar-refractivity contribution is -0.439. The van der Waals surface area contributed by atoms with Crippen LogP contribution in [-0.4, -0.2) is 32.3 Å². The second-order valence-electron chi connectivity index (χ2n) is 13.2. The lowest BCUT2D eigenvalue weighted by atomic mass is 9.71. The number of carbonyl (C=O) groups is 1. The predicted octanol–water partition coefficient (Wildman–Crippen LogP) is 9.43. The first-order valence-corrected chi connectivity index (χ1v) is 16.8. The third-order valence-corrected chi connectivity index (χ3v) is 10.5. The quantitative estimate of drug-likeness (QED) is 0.151. The van der Waals surface area contributed by atoms with Crippen molar-refractivity contribution in [1.29, 1.82) is 0 Å². The highest BCUT2D eigenvalue weighted by Crippen LogP contribution is 2.49. The van der Waals surface area contributed by atoms with Gasteiger partial charge < -0.3 is 9.67 Å². The summed E-state index contributed by atoms with van der Waals surface area (Å²) < 4.78 is 4.66. The standard InChI is InChI=1S/C43H38N2O2/c1-3-44-35-23-13-11-21-32(35)38(40(44)31-19-5-4-6-20-31)39-41(46)33(42(39)47)27-37-43(2,28-30-17-9-10-18-30)34-22-12-14-24-36(34)45(37)26-25-29-15-7-8-16-29/h4-24,27,29-30H,3,25-26,28H2,1-2H3/p+1. The van der Waals surface area contributed by atoms with E-state index in [0.717, 1.165) is 59.4 Å². The number of aryl methyl sites for hydroxylation is 1. The molecule has 3 aromatic carbocycles. The Balaban J connectivity index is 1.30. The highest BCUT2D eigenvalue weighted by molar-refractivity contribution is 6.42. The summed E-state index contributed by atoms with van der Waals surface area (Å²) in [4.78, 5) is 14.4. The van der Waals surface area contributed by atoms with E-state index in [1.54, 1.807) is 0 Å². The first-order valence-electron chi connectivity index (χ1n) is 16.8. The molecule has 0 radical (unpaired) electrons. The van der Waals surface area contributed by atoms with Gasteiger partial charge in [0, 0.05) is 53.1 Å². The Kier molecular flexibility index (Phi) is 7.17. The minimum absolute atomic E-state index is 0.0826. The lowest BCUT2D eigenvalue weighted by Gasteiger charge is -2.27. The van der Waals surface area contributed by atoms with Crippen molar-refractivity contribution in [2.75, 3.05) is 6.54 Å². The average Bonchev–Trinajstić information content (AvgIpc) is 3.91. The SMILES string of the molecule is CCn1c(-c2ccccc2)c(C2=C(O)/C(=C/C3=[N+](CCC4C=CC=C4)c4ccccc4C3(C)CC3C=CC=C3)C2=O)c2ccccc21. The Hall–Kier alpha value is -5.22. The third kappa shape index (κ3) is 4.66. The van der Waals surface area contributed by atoms with Crippen molar-refractivity contribution in [1.82, 2.24) is 4.57 Å². The van der Waals surface area contributed by atoms with E-state index < -0.39 is 0 Å². The summed E-state index contributed by atoms with van der Waals surface area (Å²) in [7, 11) is 0. The van der Waals surface area contributed by atoms with Crippen LogP contribution < -0.4 is 0 Å². The van der Waals surface area contributed by atoms with Crippen LogP contribution in [0.3, 0.4) is 0 Å². The number of hydrogen-bond donors (Lipinski definition) is 1. The smallest absolute Gasteiger partial charge is 0.209 e. The van der Waals surface area contributed by atoms with Crippen LogP contribution in [0.25, 0.3) is 27.7 Å². The van der Waals surface area contributed by atoms with Crippen molar-refractivity contribution in [2.45, 2.75) is 38.6 Å². The summed E-state index contributed by atoms with van der Waals surface area (Å²) in [5.74, 6) is 0.666. The van der Waals surface area contributed by atoms with Crippen molar-refractivity contribution in [2.24, 2.45) is 11.8 Å². The monoisotopic (exact) mass is 615 g/mol. The van der Waals surface area contributed by atoms with E-state index in [-0.39, 0.29) is 17.0 Å². The molecule has 1 atom stereocenters.